The number of non-ortho nitro benzene ring substituents is 1. The van der Waals surface area contributed by atoms with Gasteiger partial charge < -0.3 is 34.1 Å². The standard InChI is InChI=1S/C16H13N5O4.CH3.Cr.3H2O/c1-10-15(16(23)20(19-10)11-5-3-2-4-6-11)18-17-13-9-12(21(24)25)7-8-14(13)22;;;;;/h2-9,22-23H,1H3;1H3;;3*1H2/q;-1;+2;;;/p-2. The van der Waals surface area contributed by atoms with Gasteiger partial charge in [0.15, 0.2) is 0 Å². The van der Waals surface area contributed by atoms with E-state index >= 15 is 0 Å². The summed E-state index contributed by atoms with van der Waals surface area (Å²) in [4.78, 5) is 10.1. The molecule has 1 heterocycles. The third kappa shape index (κ3) is 6.34. The zero-order valence-corrected chi connectivity index (χ0v) is 17.2. The van der Waals surface area contributed by atoms with E-state index in [1.54, 1.807) is 31.2 Å². The summed E-state index contributed by atoms with van der Waals surface area (Å²) in [6.07, 6.45) is 0. The van der Waals surface area contributed by atoms with Crippen molar-refractivity contribution in [2.45, 2.75) is 6.92 Å². The molecule has 3 rings (SSSR count). The van der Waals surface area contributed by atoms with Crippen molar-refractivity contribution in [1.29, 1.82) is 0 Å². The monoisotopic (exact) mass is 458 g/mol. The van der Waals surface area contributed by atoms with Crippen molar-refractivity contribution in [3.8, 4) is 17.3 Å². The summed E-state index contributed by atoms with van der Waals surface area (Å²) in [7, 11) is 0. The molecule has 0 bridgehead atoms. The maximum absolute atomic E-state index is 12.4. The molecule has 0 amide bonds. The van der Waals surface area contributed by atoms with Crippen molar-refractivity contribution in [3.63, 3.8) is 0 Å². The minimum atomic E-state index is -0.643. The Bertz CT molecular complexity index is 980. The minimum absolute atomic E-state index is 0. The van der Waals surface area contributed by atoms with Crippen LogP contribution in [0.1, 0.15) is 5.69 Å². The SMILES string of the molecule is Cc1nn(-c2ccccc2)c([O-])c1N=Nc1cc([N+](=O)[O-])ccc1[O-].O.O.O.[CH3-].[Cr+2]. The Morgan fingerprint density at radius 3 is 2.17 bits per heavy atom. The summed E-state index contributed by atoms with van der Waals surface area (Å²) in [5, 5.41) is 46.6. The van der Waals surface area contributed by atoms with Gasteiger partial charge in [-0.15, -0.1) is 5.11 Å². The molecule has 0 saturated carbocycles. The number of azo groups is 1. The summed E-state index contributed by atoms with van der Waals surface area (Å²) < 4.78 is 1.18. The number of nitro benzene ring substituents is 1. The zero-order valence-electron chi connectivity index (χ0n) is 15.9. The van der Waals surface area contributed by atoms with Crippen molar-refractivity contribution in [3.05, 3.63) is 71.8 Å². The van der Waals surface area contributed by atoms with Crippen LogP contribution >= 0.6 is 0 Å². The van der Waals surface area contributed by atoms with Crippen LogP contribution in [0.4, 0.5) is 17.1 Å². The van der Waals surface area contributed by atoms with Crippen LogP contribution in [0.15, 0.2) is 58.8 Å². The van der Waals surface area contributed by atoms with E-state index in [4.69, 9.17) is 0 Å². The fourth-order valence-corrected chi connectivity index (χ4v) is 2.16. The number of para-hydroxylation sites is 1. The third-order valence-electron chi connectivity index (χ3n) is 3.40. The molecule has 1 aromatic heterocycles. The van der Waals surface area contributed by atoms with Gasteiger partial charge in [0.2, 0.25) is 0 Å². The van der Waals surface area contributed by atoms with Crippen LogP contribution in [-0.4, -0.2) is 31.1 Å². The molecule has 0 atom stereocenters. The minimum Gasteiger partial charge on any atom is -0.871 e. The van der Waals surface area contributed by atoms with Crippen molar-refractivity contribution >= 4 is 17.1 Å². The van der Waals surface area contributed by atoms with Gasteiger partial charge in [-0.2, -0.15) is 10.2 Å². The van der Waals surface area contributed by atoms with E-state index in [0.717, 1.165) is 18.2 Å². The maximum atomic E-state index is 12.4. The molecule has 0 unspecified atom stereocenters. The number of hydrogen-bond donors (Lipinski definition) is 0. The molecule has 0 aliphatic carbocycles. The quantitative estimate of drug-likeness (QED) is 0.236. The Hall–Kier alpha value is -3.34. The van der Waals surface area contributed by atoms with Gasteiger partial charge in [-0.05, 0) is 19.1 Å². The fourth-order valence-electron chi connectivity index (χ4n) is 2.16. The number of aryl methyl sites for hydroxylation is 1. The van der Waals surface area contributed by atoms with Crippen molar-refractivity contribution in [2.75, 3.05) is 0 Å². The third-order valence-corrected chi connectivity index (χ3v) is 3.40. The maximum Gasteiger partial charge on any atom is 2.00 e. The Balaban J connectivity index is -0.00000146. The molecule has 12 nitrogen and oxygen atoms in total. The van der Waals surface area contributed by atoms with Crippen molar-refractivity contribution in [1.82, 2.24) is 9.78 Å². The molecule has 0 spiro atoms. The average molecular weight is 458 g/mol. The summed E-state index contributed by atoms with van der Waals surface area (Å²) in [5.41, 5.74) is 0.357. The molecule has 2 aromatic carbocycles. The summed E-state index contributed by atoms with van der Waals surface area (Å²) in [6.45, 7) is 1.58. The molecule has 0 saturated heterocycles. The van der Waals surface area contributed by atoms with Gasteiger partial charge in [-0.25, -0.2) is 4.68 Å². The predicted octanol–water partition coefficient (Wildman–Crippen LogP) is 0.625. The molecule has 0 fully saturated rings. The average Bonchev–Trinajstić information content (AvgIpc) is 2.89. The molecule has 0 aliphatic rings. The second kappa shape index (κ2) is 13.0. The van der Waals surface area contributed by atoms with Crippen molar-refractivity contribution < 1.29 is 48.9 Å². The Morgan fingerprint density at radius 2 is 1.60 bits per heavy atom. The number of benzene rings is 2. The van der Waals surface area contributed by atoms with Crippen LogP contribution in [0, 0.1) is 24.5 Å². The second-order valence-electron chi connectivity index (χ2n) is 5.10. The van der Waals surface area contributed by atoms with E-state index in [1.165, 1.54) is 4.68 Å². The van der Waals surface area contributed by atoms with Gasteiger partial charge in [-0.1, -0.05) is 30.0 Å². The first-order chi connectivity index (χ1) is 12.0. The first-order valence-electron chi connectivity index (χ1n) is 7.16. The molecule has 30 heavy (non-hydrogen) atoms. The van der Waals surface area contributed by atoms with Crippen LogP contribution in [0.3, 0.4) is 0 Å². The van der Waals surface area contributed by atoms with Crippen LogP contribution in [0.2, 0.25) is 0 Å². The van der Waals surface area contributed by atoms with Gasteiger partial charge >= 0.3 is 17.4 Å². The van der Waals surface area contributed by atoms with E-state index in [9.17, 15) is 20.3 Å². The summed E-state index contributed by atoms with van der Waals surface area (Å²) >= 11 is 0. The fraction of sp³-hybridized carbons (Fsp3) is 0.0588. The summed E-state index contributed by atoms with van der Waals surface area (Å²) in [5.74, 6) is -1.03. The smallest absolute Gasteiger partial charge is 0.871 e. The molecular formula is C17H20CrN5O7-. The molecule has 6 N–H and O–H groups in total. The van der Waals surface area contributed by atoms with Crippen LogP contribution in [0.25, 0.3) is 5.69 Å². The van der Waals surface area contributed by atoms with Gasteiger partial charge in [-0.3, -0.25) is 10.1 Å². The number of nitro groups is 1. The predicted molar refractivity (Wildman–Crippen MR) is 102 cm³/mol. The van der Waals surface area contributed by atoms with E-state index in [2.05, 4.69) is 15.3 Å². The van der Waals surface area contributed by atoms with Gasteiger partial charge in [0, 0.05) is 18.0 Å². The van der Waals surface area contributed by atoms with Gasteiger partial charge in [0.25, 0.3) is 5.69 Å². The Kier molecular flexibility index (Phi) is 13.6. The number of hydrogen-bond acceptors (Lipinski definition) is 7. The molecule has 13 heteroatoms. The van der Waals surface area contributed by atoms with E-state index in [-0.39, 0.29) is 58.3 Å². The normalized spacial score (nSPS) is 9.23. The van der Waals surface area contributed by atoms with Crippen LogP contribution in [0.5, 0.6) is 11.6 Å². The first-order valence-corrected chi connectivity index (χ1v) is 7.16. The molecule has 0 radical (unpaired) electrons. The Morgan fingerprint density at radius 1 is 1.00 bits per heavy atom. The Labute approximate surface area is 182 Å². The topological polar surface area (TPSA) is 226 Å². The zero-order chi connectivity index (χ0) is 18.0. The molecule has 0 aliphatic heterocycles. The van der Waals surface area contributed by atoms with Gasteiger partial charge in [0.05, 0.1) is 22.0 Å². The molecule has 162 valence electrons. The van der Waals surface area contributed by atoms with Crippen LogP contribution in [-0.2, 0) is 17.4 Å². The number of rotatable bonds is 4. The van der Waals surface area contributed by atoms with E-state index in [1.807, 2.05) is 6.07 Å². The molecular weight excluding hydrogens is 438 g/mol. The van der Waals surface area contributed by atoms with E-state index < -0.39 is 16.6 Å². The second-order valence-corrected chi connectivity index (χ2v) is 5.10. The van der Waals surface area contributed by atoms with Gasteiger partial charge in [0.1, 0.15) is 5.69 Å². The number of nitrogens with zero attached hydrogens (tertiary/aromatic N) is 5. The molecule has 3 aromatic rings. The van der Waals surface area contributed by atoms with Crippen LogP contribution < -0.4 is 10.2 Å². The van der Waals surface area contributed by atoms with Crippen molar-refractivity contribution in [2.24, 2.45) is 10.2 Å². The summed E-state index contributed by atoms with van der Waals surface area (Å²) in [6, 6.07) is 11.9. The first kappa shape index (κ1) is 31.4. The largest absolute Gasteiger partial charge is 2.00 e. The van der Waals surface area contributed by atoms with E-state index in [0.29, 0.717) is 11.4 Å². The number of aromatic nitrogens is 2.